The summed E-state index contributed by atoms with van der Waals surface area (Å²) in [5.74, 6) is 5.47. The predicted molar refractivity (Wildman–Crippen MR) is 165 cm³/mol. The smallest absolute Gasteiger partial charge is 0.123 e. The van der Waals surface area contributed by atoms with E-state index in [1.807, 2.05) is 0 Å². The van der Waals surface area contributed by atoms with E-state index >= 15 is 0 Å². The highest BCUT2D eigenvalue weighted by molar-refractivity contribution is 5.43. The molecule has 2 saturated carbocycles. The molecule has 2 aliphatic carbocycles. The Morgan fingerprint density at radius 2 is 1.13 bits per heavy atom. The fourth-order valence-electron chi connectivity index (χ4n) is 7.02. The van der Waals surface area contributed by atoms with Crippen LogP contribution in [-0.4, -0.2) is 13.2 Å². The SMILES string of the molecule is CCCCCCCC1CCC(COc2ccc(OCCC)cc2C2CCC(CCCCCCC)CC2)CC1. The Morgan fingerprint density at radius 3 is 1.71 bits per heavy atom. The zero-order valence-corrected chi connectivity index (χ0v) is 25.6. The van der Waals surface area contributed by atoms with Crippen LogP contribution in [0.4, 0.5) is 0 Å². The molecule has 2 nitrogen and oxygen atoms in total. The van der Waals surface area contributed by atoms with E-state index in [9.17, 15) is 0 Å². The monoisotopic (exact) mass is 526 g/mol. The van der Waals surface area contributed by atoms with Gasteiger partial charge in [0.2, 0.25) is 0 Å². The summed E-state index contributed by atoms with van der Waals surface area (Å²) in [6.07, 6.45) is 29.1. The average molecular weight is 527 g/mol. The number of unbranched alkanes of at least 4 members (excludes halogenated alkanes) is 8. The Kier molecular flexibility index (Phi) is 15.7. The third-order valence-electron chi connectivity index (χ3n) is 9.61. The second-order valence-electron chi connectivity index (χ2n) is 12.9. The van der Waals surface area contributed by atoms with Gasteiger partial charge in [-0.3, -0.25) is 0 Å². The summed E-state index contributed by atoms with van der Waals surface area (Å²) in [4.78, 5) is 0. The van der Waals surface area contributed by atoms with Gasteiger partial charge in [-0.25, -0.2) is 0 Å². The molecule has 0 radical (unpaired) electrons. The van der Waals surface area contributed by atoms with Gasteiger partial charge in [-0.15, -0.1) is 0 Å². The molecule has 38 heavy (non-hydrogen) atoms. The third kappa shape index (κ3) is 11.5. The topological polar surface area (TPSA) is 18.5 Å². The molecule has 218 valence electrons. The van der Waals surface area contributed by atoms with Crippen molar-refractivity contribution in [3.63, 3.8) is 0 Å². The molecule has 3 rings (SSSR count). The minimum Gasteiger partial charge on any atom is -0.494 e. The highest BCUT2D eigenvalue weighted by Crippen LogP contribution is 2.43. The molecule has 1 aromatic rings. The molecule has 0 N–H and O–H groups in total. The van der Waals surface area contributed by atoms with Crippen LogP contribution in [0.2, 0.25) is 0 Å². The lowest BCUT2D eigenvalue weighted by Gasteiger charge is -2.31. The van der Waals surface area contributed by atoms with Crippen molar-refractivity contribution < 1.29 is 9.47 Å². The van der Waals surface area contributed by atoms with Crippen LogP contribution in [0, 0.1) is 17.8 Å². The van der Waals surface area contributed by atoms with Crippen molar-refractivity contribution in [2.45, 2.75) is 162 Å². The van der Waals surface area contributed by atoms with Crippen molar-refractivity contribution in [3.8, 4) is 11.5 Å². The maximum atomic E-state index is 6.62. The number of ether oxygens (including phenoxy) is 2. The lowest BCUT2D eigenvalue weighted by Crippen LogP contribution is -2.21. The Balaban J connectivity index is 1.46. The third-order valence-corrected chi connectivity index (χ3v) is 9.61. The van der Waals surface area contributed by atoms with Crippen LogP contribution >= 0.6 is 0 Å². The van der Waals surface area contributed by atoms with Gasteiger partial charge in [0.15, 0.2) is 0 Å². The minimum atomic E-state index is 0.634. The zero-order valence-electron chi connectivity index (χ0n) is 25.6. The summed E-state index contributed by atoms with van der Waals surface area (Å²) in [6, 6.07) is 6.70. The molecular formula is C36H62O2. The summed E-state index contributed by atoms with van der Waals surface area (Å²) in [7, 11) is 0. The van der Waals surface area contributed by atoms with E-state index < -0.39 is 0 Å². The molecule has 2 heteroatoms. The van der Waals surface area contributed by atoms with E-state index in [-0.39, 0.29) is 0 Å². The van der Waals surface area contributed by atoms with Gasteiger partial charge in [-0.2, -0.15) is 0 Å². The van der Waals surface area contributed by atoms with Gasteiger partial charge in [0, 0.05) is 5.56 Å². The van der Waals surface area contributed by atoms with Crippen LogP contribution in [0.1, 0.15) is 167 Å². The molecule has 0 spiro atoms. The van der Waals surface area contributed by atoms with Crippen molar-refractivity contribution in [3.05, 3.63) is 23.8 Å². The van der Waals surface area contributed by atoms with Crippen molar-refractivity contribution >= 4 is 0 Å². The van der Waals surface area contributed by atoms with Crippen molar-refractivity contribution in [2.24, 2.45) is 17.8 Å². The number of hydrogen-bond acceptors (Lipinski definition) is 2. The molecule has 0 bridgehead atoms. The Labute approximate surface area is 237 Å². The molecule has 0 aromatic heterocycles. The zero-order chi connectivity index (χ0) is 26.8. The van der Waals surface area contributed by atoms with Crippen LogP contribution in [-0.2, 0) is 0 Å². The first kappa shape index (κ1) is 31.3. The van der Waals surface area contributed by atoms with E-state index in [1.165, 1.54) is 134 Å². The van der Waals surface area contributed by atoms with E-state index in [1.54, 1.807) is 0 Å². The van der Waals surface area contributed by atoms with Crippen LogP contribution in [0.3, 0.4) is 0 Å². The minimum absolute atomic E-state index is 0.634. The van der Waals surface area contributed by atoms with Gasteiger partial charge >= 0.3 is 0 Å². The molecule has 2 aliphatic rings. The fraction of sp³-hybridized carbons (Fsp3) is 0.833. The maximum Gasteiger partial charge on any atom is 0.123 e. The first-order chi connectivity index (χ1) is 18.7. The Morgan fingerprint density at radius 1 is 0.579 bits per heavy atom. The van der Waals surface area contributed by atoms with Crippen LogP contribution in [0.5, 0.6) is 11.5 Å². The number of rotatable bonds is 19. The first-order valence-corrected chi connectivity index (χ1v) is 17.1. The van der Waals surface area contributed by atoms with Crippen molar-refractivity contribution in [2.75, 3.05) is 13.2 Å². The Bertz CT molecular complexity index is 712. The van der Waals surface area contributed by atoms with E-state index in [0.29, 0.717) is 5.92 Å². The van der Waals surface area contributed by atoms with Gasteiger partial charge < -0.3 is 9.47 Å². The van der Waals surface area contributed by atoms with E-state index in [2.05, 4.69) is 39.0 Å². The molecule has 0 atom stereocenters. The van der Waals surface area contributed by atoms with Crippen LogP contribution in [0.15, 0.2) is 18.2 Å². The molecule has 0 unspecified atom stereocenters. The molecule has 0 amide bonds. The molecule has 0 saturated heterocycles. The number of benzene rings is 1. The first-order valence-electron chi connectivity index (χ1n) is 17.1. The second kappa shape index (κ2) is 19.0. The normalized spacial score (nSPS) is 23.9. The summed E-state index contributed by atoms with van der Waals surface area (Å²) in [6.45, 7) is 8.50. The standard InChI is InChI=1S/C36H62O2/c1-4-7-9-11-13-15-30-17-19-32(20-18-30)29-38-36-26-25-34(37-27-6-3)28-35(36)33-23-21-31(22-24-33)16-14-12-10-8-5-2/h25-26,28,30-33H,4-24,27,29H2,1-3H3. The van der Waals surface area contributed by atoms with Crippen LogP contribution < -0.4 is 9.47 Å². The van der Waals surface area contributed by atoms with E-state index in [4.69, 9.17) is 9.47 Å². The summed E-state index contributed by atoms with van der Waals surface area (Å²) in [5.41, 5.74) is 1.43. The Hall–Kier alpha value is -1.18. The van der Waals surface area contributed by atoms with Gasteiger partial charge in [-0.05, 0) is 86.8 Å². The second-order valence-corrected chi connectivity index (χ2v) is 12.9. The molecule has 0 aliphatic heterocycles. The lowest BCUT2D eigenvalue weighted by atomic mass is 9.76. The summed E-state index contributed by atoms with van der Waals surface area (Å²) in [5, 5.41) is 0. The van der Waals surface area contributed by atoms with Gasteiger partial charge in [0.05, 0.1) is 13.2 Å². The largest absolute Gasteiger partial charge is 0.494 e. The number of hydrogen-bond donors (Lipinski definition) is 0. The molecule has 0 heterocycles. The van der Waals surface area contributed by atoms with Crippen molar-refractivity contribution in [1.82, 2.24) is 0 Å². The fourth-order valence-corrected chi connectivity index (χ4v) is 7.02. The molecule has 2 fully saturated rings. The highest BCUT2D eigenvalue weighted by atomic mass is 16.5. The highest BCUT2D eigenvalue weighted by Gasteiger charge is 2.26. The quantitative estimate of drug-likeness (QED) is 0.167. The maximum absolute atomic E-state index is 6.62. The van der Waals surface area contributed by atoms with Gasteiger partial charge in [-0.1, -0.05) is 111 Å². The van der Waals surface area contributed by atoms with E-state index in [0.717, 1.165) is 48.9 Å². The molecular weight excluding hydrogens is 464 g/mol. The molecule has 1 aromatic carbocycles. The van der Waals surface area contributed by atoms with Crippen LogP contribution in [0.25, 0.3) is 0 Å². The lowest BCUT2D eigenvalue weighted by molar-refractivity contribution is 0.175. The van der Waals surface area contributed by atoms with Gasteiger partial charge in [0.1, 0.15) is 11.5 Å². The van der Waals surface area contributed by atoms with Gasteiger partial charge in [0.25, 0.3) is 0 Å². The predicted octanol–water partition coefficient (Wildman–Crippen LogP) is 11.7. The summed E-state index contributed by atoms with van der Waals surface area (Å²) >= 11 is 0. The average Bonchev–Trinajstić information content (AvgIpc) is 2.96. The summed E-state index contributed by atoms with van der Waals surface area (Å²) < 4.78 is 12.7. The van der Waals surface area contributed by atoms with Crippen molar-refractivity contribution in [1.29, 1.82) is 0 Å².